The van der Waals surface area contributed by atoms with Crippen molar-refractivity contribution in [3.63, 3.8) is 0 Å². The van der Waals surface area contributed by atoms with Gasteiger partial charge in [0.15, 0.2) is 5.96 Å². The number of nitrogens with zero attached hydrogens (tertiary/aromatic N) is 1. The van der Waals surface area contributed by atoms with Gasteiger partial charge in [-0.1, -0.05) is 47.5 Å². The van der Waals surface area contributed by atoms with E-state index in [-0.39, 0.29) is 11.4 Å². The van der Waals surface area contributed by atoms with Gasteiger partial charge in [-0.15, -0.1) is 0 Å². The van der Waals surface area contributed by atoms with Crippen molar-refractivity contribution >= 4 is 16.0 Å². The van der Waals surface area contributed by atoms with Crippen molar-refractivity contribution < 1.29 is 8.42 Å². The Morgan fingerprint density at radius 1 is 0.889 bits per heavy atom. The number of benzene rings is 2. The summed E-state index contributed by atoms with van der Waals surface area (Å²) in [6.07, 6.45) is 0. The Morgan fingerprint density at radius 3 is 2.07 bits per heavy atom. The molecule has 27 heavy (non-hydrogen) atoms. The Morgan fingerprint density at radius 2 is 1.48 bits per heavy atom. The van der Waals surface area contributed by atoms with Crippen molar-refractivity contribution in [2.24, 2.45) is 4.99 Å². The second-order valence-corrected chi connectivity index (χ2v) is 8.09. The third-order valence-electron chi connectivity index (χ3n) is 3.93. The van der Waals surface area contributed by atoms with Crippen molar-refractivity contribution in [2.75, 3.05) is 19.6 Å². The van der Waals surface area contributed by atoms with E-state index in [1.807, 2.05) is 13.8 Å². The van der Waals surface area contributed by atoms with Crippen LogP contribution in [0.4, 0.5) is 0 Å². The van der Waals surface area contributed by atoms with E-state index in [0.29, 0.717) is 19.0 Å². The summed E-state index contributed by atoms with van der Waals surface area (Å²) in [7, 11) is -3.50. The van der Waals surface area contributed by atoms with Crippen molar-refractivity contribution in [1.29, 1.82) is 0 Å². The first kappa shape index (κ1) is 20.9. The Bertz CT molecular complexity index is 845. The van der Waals surface area contributed by atoms with E-state index in [9.17, 15) is 8.42 Å². The standard InChI is InChI=1S/C20H28N4O2S/c1-4-21-20(23-15-18-9-5-16(2)6-10-18)22-13-14-24-27(25,26)19-11-7-17(3)8-12-19/h5-12,24H,4,13-15H2,1-3H3,(H2,21,22,23). The molecule has 0 aromatic heterocycles. The molecular formula is C20H28N4O2S. The van der Waals surface area contributed by atoms with E-state index >= 15 is 0 Å². The number of hydrogen-bond acceptors (Lipinski definition) is 3. The summed E-state index contributed by atoms with van der Waals surface area (Å²) in [6.45, 7) is 7.96. The van der Waals surface area contributed by atoms with Crippen LogP contribution in [0.15, 0.2) is 58.4 Å². The van der Waals surface area contributed by atoms with Gasteiger partial charge in [-0.2, -0.15) is 0 Å². The molecule has 0 amide bonds. The number of hydrogen-bond donors (Lipinski definition) is 3. The average molecular weight is 389 g/mol. The summed E-state index contributed by atoms with van der Waals surface area (Å²) < 4.78 is 27.1. The zero-order valence-electron chi connectivity index (χ0n) is 16.1. The predicted molar refractivity (Wildman–Crippen MR) is 110 cm³/mol. The van der Waals surface area contributed by atoms with Crippen LogP contribution >= 0.6 is 0 Å². The van der Waals surface area contributed by atoms with E-state index in [2.05, 4.69) is 51.5 Å². The van der Waals surface area contributed by atoms with Gasteiger partial charge in [0, 0.05) is 19.6 Å². The Kier molecular flexibility index (Phi) is 7.82. The second-order valence-electron chi connectivity index (χ2n) is 6.32. The van der Waals surface area contributed by atoms with Gasteiger partial charge in [-0.05, 0) is 38.5 Å². The molecule has 0 unspecified atom stereocenters. The third-order valence-corrected chi connectivity index (χ3v) is 5.40. The van der Waals surface area contributed by atoms with E-state index < -0.39 is 10.0 Å². The summed E-state index contributed by atoms with van der Waals surface area (Å²) in [4.78, 5) is 4.80. The molecule has 2 aromatic carbocycles. The molecule has 0 saturated carbocycles. The molecule has 7 heteroatoms. The molecule has 0 aliphatic heterocycles. The lowest BCUT2D eigenvalue weighted by Crippen LogP contribution is -2.41. The van der Waals surface area contributed by atoms with Gasteiger partial charge in [0.05, 0.1) is 11.4 Å². The average Bonchev–Trinajstić information content (AvgIpc) is 2.65. The van der Waals surface area contributed by atoms with Crippen LogP contribution in [0, 0.1) is 13.8 Å². The molecular weight excluding hydrogens is 360 g/mol. The van der Waals surface area contributed by atoms with E-state index in [1.165, 1.54) is 5.56 Å². The van der Waals surface area contributed by atoms with Crippen LogP contribution in [-0.4, -0.2) is 34.0 Å². The van der Waals surface area contributed by atoms with Crippen LogP contribution < -0.4 is 15.4 Å². The van der Waals surface area contributed by atoms with Gasteiger partial charge < -0.3 is 10.6 Å². The molecule has 2 aromatic rings. The maximum absolute atomic E-state index is 12.3. The third kappa shape index (κ3) is 7.03. The molecule has 0 spiro atoms. The number of rotatable bonds is 8. The number of aryl methyl sites for hydroxylation is 2. The number of nitrogens with one attached hydrogen (secondary N) is 3. The lowest BCUT2D eigenvalue weighted by molar-refractivity contribution is 0.580. The highest BCUT2D eigenvalue weighted by molar-refractivity contribution is 7.89. The molecule has 0 radical (unpaired) electrons. The Labute approximate surface area is 162 Å². The van der Waals surface area contributed by atoms with E-state index in [1.54, 1.807) is 24.3 Å². The molecule has 0 aliphatic carbocycles. The molecule has 3 N–H and O–H groups in total. The quantitative estimate of drug-likeness (QED) is 0.368. The van der Waals surface area contributed by atoms with Gasteiger partial charge >= 0.3 is 0 Å². The van der Waals surface area contributed by atoms with Crippen LogP contribution in [0.3, 0.4) is 0 Å². The normalized spacial score (nSPS) is 12.0. The van der Waals surface area contributed by atoms with Crippen molar-refractivity contribution in [3.8, 4) is 0 Å². The molecule has 0 saturated heterocycles. The van der Waals surface area contributed by atoms with Crippen LogP contribution in [-0.2, 0) is 16.6 Å². The van der Waals surface area contributed by atoms with E-state index in [0.717, 1.165) is 17.7 Å². The Balaban J connectivity index is 1.85. The van der Waals surface area contributed by atoms with Gasteiger partial charge in [-0.3, -0.25) is 0 Å². The fourth-order valence-electron chi connectivity index (χ4n) is 2.37. The summed E-state index contributed by atoms with van der Waals surface area (Å²) in [5.41, 5.74) is 3.36. The molecule has 6 nitrogen and oxygen atoms in total. The van der Waals surface area contributed by atoms with Crippen LogP contribution in [0.1, 0.15) is 23.6 Å². The number of sulfonamides is 1. The predicted octanol–water partition coefficient (Wildman–Crippen LogP) is 2.34. The first-order valence-corrected chi connectivity index (χ1v) is 10.5. The number of guanidine groups is 1. The van der Waals surface area contributed by atoms with E-state index in [4.69, 9.17) is 0 Å². The summed E-state index contributed by atoms with van der Waals surface area (Å²) >= 11 is 0. The molecule has 0 atom stereocenters. The minimum absolute atomic E-state index is 0.269. The molecule has 0 bridgehead atoms. The van der Waals surface area contributed by atoms with Crippen molar-refractivity contribution in [2.45, 2.75) is 32.2 Å². The zero-order chi connectivity index (χ0) is 19.7. The summed E-state index contributed by atoms with van der Waals surface area (Å²) in [6, 6.07) is 15.0. The maximum Gasteiger partial charge on any atom is 0.240 e. The number of aliphatic imine (C=N–C) groups is 1. The first-order chi connectivity index (χ1) is 12.9. The fourth-order valence-corrected chi connectivity index (χ4v) is 3.40. The highest BCUT2D eigenvalue weighted by Crippen LogP contribution is 2.09. The van der Waals surface area contributed by atoms with Gasteiger partial charge in [0.1, 0.15) is 0 Å². The lowest BCUT2D eigenvalue weighted by atomic mass is 10.1. The molecule has 0 aliphatic rings. The second kappa shape index (κ2) is 10.1. The maximum atomic E-state index is 12.3. The van der Waals surface area contributed by atoms with Gasteiger partial charge in [-0.25, -0.2) is 18.1 Å². The largest absolute Gasteiger partial charge is 0.357 e. The first-order valence-electron chi connectivity index (χ1n) is 9.05. The highest BCUT2D eigenvalue weighted by atomic mass is 32.2. The van der Waals surface area contributed by atoms with Crippen LogP contribution in [0.2, 0.25) is 0 Å². The smallest absolute Gasteiger partial charge is 0.240 e. The van der Waals surface area contributed by atoms with Crippen molar-refractivity contribution in [3.05, 3.63) is 65.2 Å². The topological polar surface area (TPSA) is 82.6 Å². The van der Waals surface area contributed by atoms with Gasteiger partial charge in [0.2, 0.25) is 10.0 Å². The summed E-state index contributed by atoms with van der Waals surface area (Å²) in [5.74, 6) is 0.660. The van der Waals surface area contributed by atoms with Crippen LogP contribution in [0.25, 0.3) is 0 Å². The summed E-state index contributed by atoms with van der Waals surface area (Å²) in [5, 5.41) is 6.31. The lowest BCUT2D eigenvalue weighted by Gasteiger charge is -2.12. The Hall–Kier alpha value is -2.38. The molecule has 146 valence electrons. The zero-order valence-corrected chi connectivity index (χ0v) is 16.9. The molecule has 0 heterocycles. The minimum atomic E-state index is -3.50. The minimum Gasteiger partial charge on any atom is -0.357 e. The SMILES string of the molecule is CCNC(=NCc1ccc(C)cc1)NCCNS(=O)(=O)c1ccc(C)cc1. The van der Waals surface area contributed by atoms with Crippen LogP contribution in [0.5, 0.6) is 0 Å². The monoisotopic (exact) mass is 388 g/mol. The fraction of sp³-hybridized carbons (Fsp3) is 0.350. The van der Waals surface area contributed by atoms with Crippen molar-refractivity contribution in [1.82, 2.24) is 15.4 Å². The molecule has 0 fully saturated rings. The van der Waals surface area contributed by atoms with Gasteiger partial charge in [0.25, 0.3) is 0 Å². The molecule has 2 rings (SSSR count). The highest BCUT2D eigenvalue weighted by Gasteiger charge is 2.12.